The van der Waals surface area contributed by atoms with E-state index in [4.69, 9.17) is 19.1 Å². The van der Waals surface area contributed by atoms with E-state index >= 15 is 4.39 Å². The first-order valence-electron chi connectivity index (χ1n) is 18.1. The third-order valence-electron chi connectivity index (χ3n) is 13.1. The number of aromatic nitrogens is 3. The molecule has 5 aliphatic heterocycles. The van der Waals surface area contributed by atoms with Crippen molar-refractivity contribution in [2.45, 2.75) is 87.7 Å². The number of nitrogens with zero attached hydrogens (tertiary/aromatic N) is 5. The number of benzene rings is 2. The molecular weight excluding hydrogens is 642 g/mol. The first kappa shape index (κ1) is 29.4. The van der Waals surface area contributed by atoms with Crippen molar-refractivity contribution in [3.8, 4) is 22.9 Å². The lowest BCUT2D eigenvalue weighted by Crippen LogP contribution is -2.58. The number of fused-ring (bicyclic) bond motifs is 9. The van der Waals surface area contributed by atoms with Crippen LogP contribution in [0.4, 0.5) is 14.6 Å². The van der Waals surface area contributed by atoms with Crippen LogP contribution < -0.4 is 20.5 Å². The summed E-state index contributed by atoms with van der Waals surface area (Å²) in [7, 11) is 0. The number of halogens is 2. The van der Waals surface area contributed by atoms with Crippen LogP contribution >= 0.6 is 0 Å². The molecule has 11 rings (SSSR count). The van der Waals surface area contributed by atoms with Crippen molar-refractivity contribution in [1.82, 2.24) is 24.8 Å². The molecule has 5 fully saturated rings. The summed E-state index contributed by atoms with van der Waals surface area (Å²) in [6.07, 6.45) is 8.20. The molecule has 1 saturated carbocycles. The van der Waals surface area contributed by atoms with Gasteiger partial charge in [-0.25, -0.2) is 8.78 Å². The number of phenols is 1. The summed E-state index contributed by atoms with van der Waals surface area (Å²) < 4.78 is 46.2. The Labute approximate surface area is 286 Å². The number of furan rings is 1. The van der Waals surface area contributed by atoms with E-state index in [1.165, 1.54) is 12.5 Å². The van der Waals surface area contributed by atoms with Crippen molar-refractivity contribution in [2.75, 3.05) is 31.1 Å². The van der Waals surface area contributed by atoms with Crippen LogP contribution in [0.2, 0.25) is 0 Å². The molecule has 0 amide bonds. The molecule has 2 aromatic carbocycles. The fraction of sp³-hybridized carbons (Fsp3) is 0.500. The van der Waals surface area contributed by atoms with E-state index in [0.29, 0.717) is 65.6 Å². The fourth-order valence-corrected chi connectivity index (χ4v) is 10.9. The van der Waals surface area contributed by atoms with Gasteiger partial charge in [-0.2, -0.15) is 9.97 Å². The summed E-state index contributed by atoms with van der Waals surface area (Å²) in [5, 5.41) is 16.6. The van der Waals surface area contributed by atoms with E-state index in [-0.39, 0.29) is 58.6 Å². The minimum atomic E-state index is -0.913. The number of piperazine rings is 1. The number of aromatic hydroxyl groups is 1. The van der Waals surface area contributed by atoms with Gasteiger partial charge in [0.25, 0.3) is 5.56 Å². The minimum Gasteiger partial charge on any atom is -0.508 e. The zero-order valence-electron chi connectivity index (χ0n) is 27.6. The molecule has 258 valence electrons. The second kappa shape index (κ2) is 10.2. The summed E-state index contributed by atoms with van der Waals surface area (Å²) >= 11 is 0. The van der Waals surface area contributed by atoms with Crippen molar-refractivity contribution in [3.05, 3.63) is 52.8 Å². The maximum Gasteiger partial charge on any atom is 0.319 e. The highest BCUT2D eigenvalue weighted by atomic mass is 19.1. The highest BCUT2D eigenvalue weighted by Gasteiger charge is 2.60. The van der Waals surface area contributed by atoms with Crippen LogP contribution in [-0.2, 0) is 6.54 Å². The van der Waals surface area contributed by atoms with E-state index in [9.17, 15) is 14.3 Å². The lowest BCUT2D eigenvalue weighted by atomic mass is 9.65. The summed E-state index contributed by atoms with van der Waals surface area (Å²) in [5.41, 5.74) is 0.369. The van der Waals surface area contributed by atoms with Gasteiger partial charge >= 0.3 is 6.01 Å². The average molecular weight is 681 g/mol. The molecule has 5 atom stereocenters. The van der Waals surface area contributed by atoms with Crippen molar-refractivity contribution in [2.24, 2.45) is 5.41 Å². The van der Waals surface area contributed by atoms with Gasteiger partial charge in [0.05, 0.1) is 17.4 Å². The molecule has 5 aromatic rings. The van der Waals surface area contributed by atoms with Crippen LogP contribution in [-0.4, -0.2) is 80.6 Å². The highest BCUT2D eigenvalue weighted by molar-refractivity contribution is 6.14. The number of anilines is 1. The maximum atomic E-state index is 17.4. The third kappa shape index (κ3) is 4.03. The molecule has 3 aromatic heterocycles. The van der Waals surface area contributed by atoms with Gasteiger partial charge in [-0.05, 0) is 73.6 Å². The van der Waals surface area contributed by atoms with Gasteiger partial charge in [0.15, 0.2) is 11.6 Å². The topological polar surface area (TPSA) is 109 Å². The Kier molecular flexibility index (Phi) is 5.98. The Hall–Kier alpha value is -4.29. The predicted octanol–water partition coefficient (Wildman–Crippen LogP) is 5.65. The lowest BCUT2D eigenvalue weighted by molar-refractivity contribution is 0.104. The number of phenolic OH excluding ortho intramolecular Hbond substituents is 1. The number of alkyl halides is 1. The highest BCUT2D eigenvalue weighted by Crippen LogP contribution is 2.57. The van der Waals surface area contributed by atoms with Crippen molar-refractivity contribution in [3.63, 3.8) is 0 Å². The Morgan fingerprint density at radius 3 is 2.88 bits per heavy atom. The molecule has 0 radical (unpaired) electrons. The standard InChI is InChI=1S/C38H38F2N6O4/c39-21-14-38(17-37(8-1-9-37)18-44(38)15-21)19-50-36-42-32-31(40)30(25-13-23(47)12-20-2-5-28-24(29(20)25)7-11-49-28)35(48)45-10-6-27-26-4-3-22(41-26)16-46(27)34(43-36)33(32)45/h2,5,7,11-13,21-22,26-27,41,47H,1,3-4,6,8-10,14-19H2/t21-,22?,26?,27?,38-/m1/s1. The number of pyridine rings is 1. The molecule has 1 aliphatic carbocycles. The Morgan fingerprint density at radius 1 is 1.12 bits per heavy atom. The van der Waals surface area contributed by atoms with Crippen LogP contribution in [0.25, 0.3) is 43.9 Å². The number of ether oxygens (including phenoxy) is 1. The fourth-order valence-electron chi connectivity index (χ4n) is 10.9. The molecule has 6 aliphatic rings. The molecule has 3 unspecified atom stereocenters. The summed E-state index contributed by atoms with van der Waals surface area (Å²) in [6.45, 7) is 2.56. The predicted molar refractivity (Wildman–Crippen MR) is 184 cm³/mol. The molecule has 8 heterocycles. The smallest absolute Gasteiger partial charge is 0.319 e. The molecule has 1 spiro atoms. The zero-order valence-corrected chi connectivity index (χ0v) is 27.6. The van der Waals surface area contributed by atoms with Gasteiger partial charge < -0.3 is 29.0 Å². The largest absolute Gasteiger partial charge is 0.508 e. The van der Waals surface area contributed by atoms with E-state index in [1.807, 2.05) is 0 Å². The number of nitrogens with one attached hydrogen (secondary N) is 1. The second-order valence-electron chi connectivity index (χ2n) is 15.9. The van der Waals surface area contributed by atoms with Crippen LogP contribution in [0.3, 0.4) is 0 Å². The molecular formula is C38H38F2N6O4. The Balaban J connectivity index is 1.11. The normalized spacial score (nSPS) is 29.5. The summed E-state index contributed by atoms with van der Waals surface area (Å²) in [5.74, 6) is -0.348. The molecule has 2 bridgehead atoms. The van der Waals surface area contributed by atoms with E-state index in [2.05, 4.69) is 15.1 Å². The Morgan fingerprint density at radius 2 is 2.02 bits per heavy atom. The van der Waals surface area contributed by atoms with Gasteiger partial charge in [-0.3, -0.25) is 9.69 Å². The first-order valence-corrected chi connectivity index (χ1v) is 18.1. The summed E-state index contributed by atoms with van der Waals surface area (Å²) in [6, 6.07) is 9.04. The minimum absolute atomic E-state index is 0.00743. The number of hydrogen-bond acceptors (Lipinski definition) is 9. The number of aryl methyl sites for hydroxylation is 1. The second-order valence-corrected chi connectivity index (χ2v) is 15.9. The van der Waals surface area contributed by atoms with E-state index in [0.717, 1.165) is 38.6 Å². The number of rotatable bonds is 4. The van der Waals surface area contributed by atoms with Crippen molar-refractivity contribution in [1.29, 1.82) is 0 Å². The van der Waals surface area contributed by atoms with Crippen LogP contribution in [0, 0.1) is 11.2 Å². The van der Waals surface area contributed by atoms with Crippen LogP contribution in [0.5, 0.6) is 11.8 Å². The average Bonchev–Trinajstić information content (AvgIpc) is 3.83. The van der Waals surface area contributed by atoms with Gasteiger partial charge in [0, 0.05) is 67.1 Å². The lowest BCUT2D eigenvalue weighted by Gasteiger charge is -2.41. The van der Waals surface area contributed by atoms with Crippen LogP contribution in [0.15, 0.2) is 45.8 Å². The molecule has 4 saturated heterocycles. The zero-order chi connectivity index (χ0) is 33.5. The first-order chi connectivity index (χ1) is 24.3. The molecule has 50 heavy (non-hydrogen) atoms. The SMILES string of the molecule is O=c1c(-c2cc(O)cc3ccc4occc4c23)c(F)c2nc(OC[C@]34C[C@@H](F)CN3CC3(CCC3)C4)nc3c2n1CCC1C2CCC(CN31)N2. The van der Waals surface area contributed by atoms with Crippen molar-refractivity contribution < 1.29 is 23.0 Å². The van der Waals surface area contributed by atoms with E-state index < -0.39 is 23.1 Å². The van der Waals surface area contributed by atoms with Gasteiger partial charge in [-0.15, -0.1) is 0 Å². The van der Waals surface area contributed by atoms with Crippen LogP contribution in [0.1, 0.15) is 51.4 Å². The summed E-state index contributed by atoms with van der Waals surface area (Å²) in [4.78, 5) is 28.9. The van der Waals surface area contributed by atoms with Gasteiger partial charge in [0.1, 0.15) is 35.1 Å². The Bertz CT molecular complexity index is 2320. The molecule has 12 heteroatoms. The van der Waals surface area contributed by atoms with Gasteiger partial charge in [0.2, 0.25) is 0 Å². The number of hydrogen-bond donors (Lipinski definition) is 2. The molecule has 10 nitrogen and oxygen atoms in total. The third-order valence-corrected chi connectivity index (χ3v) is 13.1. The molecule has 2 N–H and O–H groups in total. The van der Waals surface area contributed by atoms with E-state index in [1.54, 1.807) is 35.1 Å². The monoisotopic (exact) mass is 680 g/mol. The van der Waals surface area contributed by atoms with Gasteiger partial charge in [-0.1, -0.05) is 12.5 Å². The van der Waals surface area contributed by atoms with Crippen molar-refractivity contribution >= 4 is 38.6 Å². The quantitative estimate of drug-likeness (QED) is 0.249. The maximum absolute atomic E-state index is 17.4.